The summed E-state index contributed by atoms with van der Waals surface area (Å²) in [6.07, 6.45) is 8.69. The Kier molecular flexibility index (Phi) is 3.86. The van der Waals surface area contributed by atoms with Crippen LogP contribution in [0.5, 0.6) is 0 Å². The van der Waals surface area contributed by atoms with Crippen molar-refractivity contribution < 1.29 is 0 Å². The van der Waals surface area contributed by atoms with E-state index in [2.05, 4.69) is 63.1 Å². The summed E-state index contributed by atoms with van der Waals surface area (Å²) in [6.45, 7) is 0.842. The van der Waals surface area contributed by atoms with Gasteiger partial charge in [0.15, 0.2) is 0 Å². The maximum Gasteiger partial charge on any atom is 0.110 e. The maximum absolute atomic E-state index is 4.42. The smallest absolute Gasteiger partial charge is 0.110 e. The molecule has 0 atom stereocenters. The van der Waals surface area contributed by atoms with Gasteiger partial charge in [-0.1, -0.05) is 12.1 Å². The summed E-state index contributed by atoms with van der Waals surface area (Å²) in [4.78, 5) is 4.33. The minimum absolute atomic E-state index is 0.842. The van der Waals surface area contributed by atoms with Gasteiger partial charge >= 0.3 is 0 Å². The molecule has 0 spiro atoms. The number of aryl methyl sites for hydroxylation is 3. The van der Waals surface area contributed by atoms with Gasteiger partial charge in [0.25, 0.3) is 0 Å². The predicted molar refractivity (Wildman–Crippen MR) is 87.3 cm³/mol. The lowest BCUT2D eigenvalue weighted by Gasteiger charge is -2.02. The molecular formula is C15H15IN4. The highest BCUT2D eigenvalue weighted by molar-refractivity contribution is 14.1. The van der Waals surface area contributed by atoms with Gasteiger partial charge in [-0.15, -0.1) is 0 Å². The Labute approximate surface area is 131 Å². The van der Waals surface area contributed by atoms with Crippen molar-refractivity contribution in [3.63, 3.8) is 0 Å². The average Bonchev–Trinajstić information content (AvgIpc) is 3.06. The van der Waals surface area contributed by atoms with Crippen LogP contribution < -0.4 is 0 Å². The highest BCUT2D eigenvalue weighted by Crippen LogP contribution is 2.19. The quantitative estimate of drug-likeness (QED) is 0.654. The summed E-state index contributed by atoms with van der Waals surface area (Å²) >= 11 is 2.31. The fourth-order valence-electron chi connectivity index (χ4n) is 2.13. The number of nitrogens with zero attached hydrogens (tertiary/aromatic N) is 4. The topological polar surface area (TPSA) is 35.6 Å². The molecule has 102 valence electrons. The summed E-state index contributed by atoms with van der Waals surface area (Å²) in [7, 11) is 2.02. The van der Waals surface area contributed by atoms with Crippen molar-refractivity contribution in [2.24, 2.45) is 7.05 Å². The van der Waals surface area contributed by atoms with Gasteiger partial charge in [0.05, 0.1) is 6.20 Å². The highest BCUT2D eigenvalue weighted by Gasteiger charge is 2.04. The molecule has 5 heteroatoms. The van der Waals surface area contributed by atoms with Gasteiger partial charge in [-0.2, -0.15) is 5.10 Å². The fraction of sp³-hybridized carbons (Fsp3) is 0.200. The van der Waals surface area contributed by atoms with Crippen molar-refractivity contribution in [3.05, 3.63) is 58.4 Å². The lowest BCUT2D eigenvalue weighted by Crippen LogP contribution is -2.05. The molecule has 0 amide bonds. The Morgan fingerprint density at radius 3 is 2.65 bits per heavy atom. The van der Waals surface area contributed by atoms with E-state index < -0.39 is 0 Å². The van der Waals surface area contributed by atoms with Gasteiger partial charge in [-0.3, -0.25) is 4.68 Å². The van der Waals surface area contributed by atoms with Gasteiger partial charge in [0.1, 0.15) is 5.82 Å². The Bertz CT molecular complexity index is 697. The second kappa shape index (κ2) is 5.78. The largest absolute Gasteiger partial charge is 0.338 e. The van der Waals surface area contributed by atoms with E-state index in [9.17, 15) is 0 Å². The molecule has 0 unspecified atom stereocenters. The van der Waals surface area contributed by atoms with Crippen molar-refractivity contribution >= 4 is 22.6 Å². The zero-order valence-corrected chi connectivity index (χ0v) is 13.4. The van der Waals surface area contributed by atoms with E-state index in [1.165, 1.54) is 9.13 Å². The average molecular weight is 378 g/mol. The van der Waals surface area contributed by atoms with Crippen molar-refractivity contribution in [2.75, 3.05) is 0 Å². The van der Waals surface area contributed by atoms with Crippen molar-refractivity contribution in [3.8, 4) is 11.1 Å². The number of imidazole rings is 1. The van der Waals surface area contributed by atoms with Crippen molar-refractivity contribution in [1.82, 2.24) is 19.3 Å². The number of aromatic nitrogens is 4. The van der Waals surface area contributed by atoms with Gasteiger partial charge in [-0.25, -0.2) is 4.98 Å². The summed E-state index contributed by atoms with van der Waals surface area (Å²) < 4.78 is 5.26. The standard InChI is InChI=1S/C15H15IN4/c1-19-9-7-17-15(19)6-8-20-11-13(10-18-20)12-2-4-14(16)5-3-12/h2-5,7,9-11H,6,8H2,1H3. The molecule has 0 aliphatic rings. The van der Waals surface area contributed by atoms with Crippen LogP contribution in [-0.2, 0) is 20.0 Å². The molecule has 3 rings (SSSR count). The number of halogens is 1. The molecule has 0 bridgehead atoms. The van der Waals surface area contributed by atoms with Crippen LogP contribution in [0.15, 0.2) is 49.1 Å². The highest BCUT2D eigenvalue weighted by atomic mass is 127. The van der Waals surface area contributed by atoms with Gasteiger partial charge in [-0.05, 0) is 40.3 Å². The third kappa shape index (κ3) is 2.92. The zero-order valence-electron chi connectivity index (χ0n) is 11.2. The number of benzene rings is 1. The third-order valence-corrected chi connectivity index (χ3v) is 4.02. The molecule has 2 heterocycles. The fourth-order valence-corrected chi connectivity index (χ4v) is 2.49. The summed E-state index contributed by atoms with van der Waals surface area (Å²) in [6, 6.07) is 8.48. The van der Waals surface area contributed by atoms with E-state index in [-0.39, 0.29) is 0 Å². The number of hydrogen-bond donors (Lipinski definition) is 0. The molecule has 4 nitrogen and oxygen atoms in total. The van der Waals surface area contributed by atoms with Crippen molar-refractivity contribution in [2.45, 2.75) is 13.0 Å². The van der Waals surface area contributed by atoms with Crippen LogP contribution in [0.3, 0.4) is 0 Å². The first-order chi connectivity index (χ1) is 9.72. The van der Waals surface area contributed by atoms with Crippen LogP contribution in [0.1, 0.15) is 5.82 Å². The minimum Gasteiger partial charge on any atom is -0.338 e. The van der Waals surface area contributed by atoms with Crippen LogP contribution in [0.25, 0.3) is 11.1 Å². The molecule has 0 saturated carbocycles. The molecule has 20 heavy (non-hydrogen) atoms. The molecule has 0 aliphatic heterocycles. The SMILES string of the molecule is Cn1ccnc1CCn1cc(-c2ccc(I)cc2)cn1. The number of rotatable bonds is 4. The van der Waals surface area contributed by atoms with E-state index in [0.717, 1.165) is 24.4 Å². The molecule has 1 aromatic carbocycles. The van der Waals surface area contributed by atoms with Crippen LogP contribution in [0.4, 0.5) is 0 Å². The number of hydrogen-bond acceptors (Lipinski definition) is 2. The molecule has 0 N–H and O–H groups in total. The second-order valence-electron chi connectivity index (χ2n) is 4.70. The lowest BCUT2D eigenvalue weighted by molar-refractivity contribution is 0.589. The van der Waals surface area contributed by atoms with Gasteiger partial charge in [0, 0.05) is 47.7 Å². The van der Waals surface area contributed by atoms with Crippen molar-refractivity contribution in [1.29, 1.82) is 0 Å². The van der Waals surface area contributed by atoms with Gasteiger partial charge in [0.2, 0.25) is 0 Å². The Morgan fingerprint density at radius 1 is 1.15 bits per heavy atom. The molecule has 0 saturated heterocycles. The minimum atomic E-state index is 0.842. The predicted octanol–water partition coefficient (Wildman–Crippen LogP) is 3.13. The summed E-state index contributed by atoms with van der Waals surface area (Å²) in [5.74, 6) is 1.08. The Hall–Kier alpha value is -1.63. The van der Waals surface area contributed by atoms with E-state index in [4.69, 9.17) is 0 Å². The van der Waals surface area contributed by atoms with E-state index in [0.29, 0.717) is 0 Å². The van der Waals surface area contributed by atoms with E-state index in [1.54, 1.807) is 0 Å². The normalized spacial score (nSPS) is 10.9. The Morgan fingerprint density at radius 2 is 1.95 bits per heavy atom. The summed E-state index contributed by atoms with van der Waals surface area (Å²) in [5, 5.41) is 4.42. The molecule has 3 aromatic rings. The second-order valence-corrected chi connectivity index (χ2v) is 5.95. The first-order valence-corrected chi connectivity index (χ1v) is 7.55. The van der Waals surface area contributed by atoms with Crippen LogP contribution in [0, 0.1) is 3.57 Å². The van der Waals surface area contributed by atoms with Gasteiger partial charge < -0.3 is 4.57 Å². The van der Waals surface area contributed by atoms with Crippen LogP contribution >= 0.6 is 22.6 Å². The first kappa shape index (κ1) is 13.4. The molecular weight excluding hydrogens is 363 g/mol. The van der Waals surface area contributed by atoms with E-state index >= 15 is 0 Å². The molecule has 0 aliphatic carbocycles. The lowest BCUT2D eigenvalue weighted by atomic mass is 10.1. The third-order valence-electron chi connectivity index (χ3n) is 3.30. The zero-order chi connectivity index (χ0) is 13.9. The maximum atomic E-state index is 4.42. The monoisotopic (exact) mass is 378 g/mol. The summed E-state index contributed by atoms with van der Waals surface area (Å²) in [5.41, 5.74) is 2.36. The first-order valence-electron chi connectivity index (χ1n) is 6.47. The van der Waals surface area contributed by atoms with Crippen LogP contribution in [-0.4, -0.2) is 19.3 Å². The molecule has 0 fully saturated rings. The van der Waals surface area contributed by atoms with Crippen LogP contribution in [0.2, 0.25) is 0 Å². The van der Waals surface area contributed by atoms with E-state index in [1.807, 2.05) is 34.9 Å². The molecule has 2 aromatic heterocycles. The Balaban J connectivity index is 1.71. The molecule has 0 radical (unpaired) electrons.